The molecule has 5 nitrogen and oxygen atoms in total. The molecule has 1 heterocycles. The number of hydrogen-bond donors (Lipinski definition) is 2. The third-order valence-electron chi connectivity index (χ3n) is 2.57. The Kier molecular flexibility index (Phi) is 2.87. The van der Waals surface area contributed by atoms with E-state index in [0.29, 0.717) is 5.95 Å². The summed E-state index contributed by atoms with van der Waals surface area (Å²) in [5.74, 6) is 1.46. The molecule has 2 aromatic rings. The van der Waals surface area contributed by atoms with E-state index in [1.807, 2.05) is 49.0 Å². The lowest BCUT2D eigenvalue weighted by Gasteiger charge is -2.11. The van der Waals surface area contributed by atoms with E-state index in [0.717, 1.165) is 11.4 Å². The lowest BCUT2D eigenvalue weighted by molar-refractivity contribution is 0.717. The van der Waals surface area contributed by atoms with E-state index in [1.54, 1.807) is 0 Å². The second-order valence-corrected chi connectivity index (χ2v) is 3.58. The summed E-state index contributed by atoms with van der Waals surface area (Å²) in [5, 5.41) is 11.0. The van der Waals surface area contributed by atoms with Crippen molar-refractivity contribution >= 4 is 5.95 Å². The van der Waals surface area contributed by atoms with Crippen LogP contribution in [0.25, 0.3) is 0 Å². The highest BCUT2D eigenvalue weighted by atomic mass is 15.3. The largest absolute Gasteiger partial charge is 0.357 e. The zero-order chi connectivity index (χ0) is 11.5. The van der Waals surface area contributed by atoms with Gasteiger partial charge in [0.2, 0.25) is 5.95 Å². The van der Waals surface area contributed by atoms with Crippen molar-refractivity contribution in [3.63, 3.8) is 0 Å². The SMILES string of the molecule is CNc1nnc(C(N)c2ccccc2)n1C. The molecule has 0 saturated carbocycles. The molecule has 16 heavy (non-hydrogen) atoms. The van der Waals surface area contributed by atoms with Crippen LogP contribution >= 0.6 is 0 Å². The Morgan fingerprint density at radius 2 is 1.94 bits per heavy atom. The predicted octanol–water partition coefficient (Wildman–Crippen LogP) is 0.905. The minimum atomic E-state index is -0.249. The van der Waals surface area contributed by atoms with Gasteiger partial charge in [0, 0.05) is 14.1 Å². The lowest BCUT2D eigenvalue weighted by atomic mass is 10.1. The van der Waals surface area contributed by atoms with Gasteiger partial charge in [0.1, 0.15) is 0 Å². The number of nitrogens with one attached hydrogen (secondary N) is 1. The first-order valence-corrected chi connectivity index (χ1v) is 5.11. The zero-order valence-electron chi connectivity index (χ0n) is 9.38. The Hall–Kier alpha value is -1.88. The van der Waals surface area contributed by atoms with E-state index in [4.69, 9.17) is 5.73 Å². The maximum atomic E-state index is 6.13. The number of nitrogens with zero attached hydrogens (tertiary/aromatic N) is 3. The van der Waals surface area contributed by atoms with E-state index < -0.39 is 0 Å². The van der Waals surface area contributed by atoms with Gasteiger partial charge in [-0.2, -0.15) is 0 Å². The van der Waals surface area contributed by atoms with Crippen molar-refractivity contribution in [3.8, 4) is 0 Å². The molecule has 0 radical (unpaired) electrons. The number of hydrogen-bond acceptors (Lipinski definition) is 4. The van der Waals surface area contributed by atoms with Crippen LogP contribution in [-0.4, -0.2) is 21.8 Å². The molecule has 5 heteroatoms. The Bertz CT molecular complexity index is 462. The standard InChI is InChI=1S/C11H15N5/c1-13-11-15-14-10(16(11)2)9(12)8-6-4-3-5-7-8/h3-7,9H,12H2,1-2H3,(H,13,15). The van der Waals surface area contributed by atoms with Gasteiger partial charge in [-0.1, -0.05) is 30.3 Å². The summed E-state index contributed by atoms with van der Waals surface area (Å²) in [5.41, 5.74) is 7.16. The fourth-order valence-corrected chi connectivity index (χ4v) is 1.64. The van der Waals surface area contributed by atoms with E-state index in [1.165, 1.54) is 0 Å². The molecule has 1 atom stereocenters. The highest BCUT2D eigenvalue weighted by Crippen LogP contribution is 2.18. The first kappa shape index (κ1) is 10.6. The molecule has 2 rings (SSSR count). The predicted molar refractivity (Wildman–Crippen MR) is 63.0 cm³/mol. The van der Waals surface area contributed by atoms with Gasteiger partial charge in [-0.05, 0) is 5.56 Å². The molecule has 0 aliphatic heterocycles. The summed E-state index contributed by atoms with van der Waals surface area (Å²) >= 11 is 0. The molecule has 0 spiro atoms. The summed E-state index contributed by atoms with van der Waals surface area (Å²) in [6.07, 6.45) is 0. The number of nitrogens with two attached hydrogens (primary N) is 1. The second-order valence-electron chi connectivity index (χ2n) is 3.58. The second kappa shape index (κ2) is 4.32. The quantitative estimate of drug-likeness (QED) is 0.801. The monoisotopic (exact) mass is 217 g/mol. The van der Waals surface area contributed by atoms with Crippen molar-refractivity contribution in [1.29, 1.82) is 0 Å². The highest BCUT2D eigenvalue weighted by Gasteiger charge is 2.16. The Morgan fingerprint density at radius 1 is 1.25 bits per heavy atom. The summed E-state index contributed by atoms with van der Waals surface area (Å²) < 4.78 is 1.86. The van der Waals surface area contributed by atoms with Crippen molar-refractivity contribution in [2.75, 3.05) is 12.4 Å². The highest BCUT2D eigenvalue weighted by molar-refractivity contribution is 5.29. The fourth-order valence-electron chi connectivity index (χ4n) is 1.64. The molecule has 0 aliphatic rings. The number of rotatable bonds is 3. The van der Waals surface area contributed by atoms with Gasteiger partial charge >= 0.3 is 0 Å². The van der Waals surface area contributed by atoms with Crippen LogP contribution < -0.4 is 11.1 Å². The molecule has 84 valence electrons. The number of benzene rings is 1. The van der Waals surface area contributed by atoms with Crippen LogP contribution in [0.1, 0.15) is 17.4 Å². The molecule has 0 fully saturated rings. The topological polar surface area (TPSA) is 68.8 Å². The van der Waals surface area contributed by atoms with Crippen LogP contribution in [-0.2, 0) is 7.05 Å². The molecule has 3 N–H and O–H groups in total. The summed E-state index contributed by atoms with van der Waals surface area (Å²) in [4.78, 5) is 0. The molecular formula is C11H15N5. The molecule has 0 amide bonds. The molecule has 1 aromatic carbocycles. The van der Waals surface area contributed by atoms with Crippen LogP contribution in [0.4, 0.5) is 5.95 Å². The van der Waals surface area contributed by atoms with E-state index in [-0.39, 0.29) is 6.04 Å². The summed E-state index contributed by atoms with van der Waals surface area (Å²) in [6.45, 7) is 0. The van der Waals surface area contributed by atoms with Crippen LogP contribution in [0.15, 0.2) is 30.3 Å². The van der Waals surface area contributed by atoms with Crippen LogP contribution in [0.3, 0.4) is 0 Å². The van der Waals surface area contributed by atoms with E-state index >= 15 is 0 Å². The third-order valence-corrected chi connectivity index (χ3v) is 2.57. The van der Waals surface area contributed by atoms with Gasteiger partial charge in [-0.15, -0.1) is 10.2 Å². The molecule has 0 aliphatic carbocycles. The Balaban J connectivity index is 2.34. The van der Waals surface area contributed by atoms with Gasteiger partial charge in [0.15, 0.2) is 5.82 Å². The van der Waals surface area contributed by atoms with Crippen LogP contribution in [0.5, 0.6) is 0 Å². The van der Waals surface area contributed by atoms with E-state index in [9.17, 15) is 0 Å². The van der Waals surface area contributed by atoms with E-state index in [2.05, 4.69) is 15.5 Å². The Morgan fingerprint density at radius 3 is 2.50 bits per heavy atom. The first-order valence-electron chi connectivity index (χ1n) is 5.11. The van der Waals surface area contributed by atoms with Gasteiger partial charge in [-0.3, -0.25) is 4.57 Å². The first-order chi connectivity index (χ1) is 7.74. The smallest absolute Gasteiger partial charge is 0.224 e. The van der Waals surface area contributed by atoms with Crippen LogP contribution in [0.2, 0.25) is 0 Å². The molecule has 1 unspecified atom stereocenters. The summed E-state index contributed by atoms with van der Waals surface area (Å²) in [7, 11) is 3.70. The van der Waals surface area contributed by atoms with Crippen molar-refractivity contribution < 1.29 is 0 Å². The average Bonchev–Trinajstić information content (AvgIpc) is 2.70. The maximum Gasteiger partial charge on any atom is 0.224 e. The average molecular weight is 217 g/mol. The van der Waals surface area contributed by atoms with Gasteiger partial charge in [-0.25, -0.2) is 0 Å². The molecular weight excluding hydrogens is 202 g/mol. The van der Waals surface area contributed by atoms with Gasteiger partial charge in [0.25, 0.3) is 0 Å². The minimum absolute atomic E-state index is 0.249. The summed E-state index contributed by atoms with van der Waals surface area (Å²) in [6, 6.07) is 9.61. The maximum absolute atomic E-state index is 6.13. The molecule has 0 bridgehead atoms. The lowest BCUT2D eigenvalue weighted by Crippen LogP contribution is -2.17. The van der Waals surface area contributed by atoms with Crippen molar-refractivity contribution in [1.82, 2.24) is 14.8 Å². The zero-order valence-corrected chi connectivity index (χ0v) is 9.38. The fraction of sp³-hybridized carbons (Fsp3) is 0.273. The van der Waals surface area contributed by atoms with Crippen molar-refractivity contribution in [2.45, 2.75) is 6.04 Å². The van der Waals surface area contributed by atoms with Gasteiger partial charge in [0.05, 0.1) is 6.04 Å². The van der Waals surface area contributed by atoms with Crippen LogP contribution in [0, 0.1) is 0 Å². The normalized spacial score (nSPS) is 12.4. The van der Waals surface area contributed by atoms with Crippen molar-refractivity contribution in [2.24, 2.45) is 12.8 Å². The number of anilines is 1. The molecule has 0 saturated heterocycles. The molecule has 1 aromatic heterocycles. The van der Waals surface area contributed by atoms with Gasteiger partial charge < -0.3 is 11.1 Å². The third kappa shape index (κ3) is 1.77. The Labute approximate surface area is 94.3 Å². The minimum Gasteiger partial charge on any atom is -0.357 e. The van der Waals surface area contributed by atoms with Crippen molar-refractivity contribution in [3.05, 3.63) is 41.7 Å². The number of aromatic nitrogens is 3.